The van der Waals surface area contributed by atoms with Gasteiger partial charge < -0.3 is 10.6 Å². The smallest absolute Gasteiger partial charge is 0.326 e. The fourth-order valence-corrected chi connectivity index (χ4v) is 4.25. The average Bonchev–Trinajstić information content (AvgIpc) is 3.01. The molecular formula is C18H14F3N3O2S2. The summed E-state index contributed by atoms with van der Waals surface area (Å²) >= 11 is 2.55. The van der Waals surface area contributed by atoms with Crippen LogP contribution < -0.4 is 10.6 Å². The summed E-state index contributed by atoms with van der Waals surface area (Å²) in [6.45, 7) is 1.42. The molecule has 0 atom stereocenters. The van der Waals surface area contributed by atoms with E-state index in [0.717, 1.165) is 22.3 Å². The number of carbonyl (C=O) groups excluding carboxylic acids is 2. The van der Waals surface area contributed by atoms with E-state index in [9.17, 15) is 22.8 Å². The largest absolute Gasteiger partial charge is 0.416 e. The fraction of sp³-hybridized carbons (Fsp3) is 0.167. The Balaban J connectivity index is 1.62. The average molecular weight is 425 g/mol. The number of thioether (sulfide) groups is 1. The first kappa shape index (κ1) is 20.2. The molecule has 0 bridgehead atoms. The van der Waals surface area contributed by atoms with Crippen molar-refractivity contribution in [1.82, 2.24) is 4.98 Å². The van der Waals surface area contributed by atoms with Gasteiger partial charge in [0.25, 0.3) is 0 Å². The monoisotopic (exact) mass is 425 g/mol. The van der Waals surface area contributed by atoms with E-state index >= 15 is 0 Å². The van der Waals surface area contributed by atoms with E-state index in [-0.39, 0.29) is 17.3 Å². The highest BCUT2D eigenvalue weighted by Crippen LogP contribution is 2.32. The van der Waals surface area contributed by atoms with Crippen LogP contribution in [0.2, 0.25) is 0 Å². The topological polar surface area (TPSA) is 71.1 Å². The number of fused-ring (bicyclic) bond motifs is 1. The Bertz CT molecular complexity index is 1030. The third-order valence-electron chi connectivity index (χ3n) is 3.49. The number of aromatic nitrogens is 1. The molecule has 1 aromatic heterocycles. The van der Waals surface area contributed by atoms with Crippen LogP contribution >= 0.6 is 23.1 Å². The number of carbonyl (C=O) groups is 2. The molecule has 0 radical (unpaired) electrons. The molecule has 0 aliphatic rings. The second-order valence-electron chi connectivity index (χ2n) is 5.76. The highest BCUT2D eigenvalue weighted by atomic mass is 32.2. The summed E-state index contributed by atoms with van der Waals surface area (Å²) in [7, 11) is 0. The number of anilines is 2. The molecule has 0 saturated carbocycles. The number of thiazole rings is 1. The number of nitrogens with one attached hydrogen (secondary N) is 2. The maximum absolute atomic E-state index is 12.7. The Kier molecular flexibility index (Phi) is 5.90. The van der Waals surface area contributed by atoms with Crippen molar-refractivity contribution in [2.24, 2.45) is 0 Å². The molecule has 10 heteroatoms. The SMILES string of the molecule is CC(=O)Nc1ccc2nc(SCC(=O)Nc3cccc(C(F)(F)F)c3)sc2c1. The molecule has 2 amide bonds. The van der Waals surface area contributed by atoms with E-state index in [2.05, 4.69) is 15.6 Å². The molecule has 0 spiro atoms. The van der Waals surface area contributed by atoms with Crippen molar-refractivity contribution in [3.8, 4) is 0 Å². The molecule has 3 aromatic rings. The van der Waals surface area contributed by atoms with Gasteiger partial charge >= 0.3 is 6.18 Å². The minimum Gasteiger partial charge on any atom is -0.326 e. The Morgan fingerprint density at radius 1 is 1.11 bits per heavy atom. The quantitative estimate of drug-likeness (QED) is 0.564. The van der Waals surface area contributed by atoms with E-state index < -0.39 is 17.6 Å². The van der Waals surface area contributed by atoms with Crippen molar-refractivity contribution in [3.05, 3.63) is 48.0 Å². The summed E-state index contributed by atoms with van der Waals surface area (Å²) in [4.78, 5) is 27.6. The van der Waals surface area contributed by atoms with Crippen LogP contribution in [0.3, 0.4) is 0 Å². The first-order chi connectivity index (χ1) is 13.2. The maximum Gasteiger partial charge on any atom is 0.416 e. The van der Waals surface area contributed by atoms with Crippen LogP contribution in [0.15, 0.2) is 46.8 Å². The van der Waals surface area contributed by atoms with Crippen LogP contribution in [0, 0.1) is 0 Å². The third-order valence-corrected chi connectivity index (χ3v) is 5.65. The number of halogens is 3. The highest BCUT2D eigenvalue weighted by molar-refractivity contribution is 8.01. The fourth-order valence-electron chi connectivity index (χ4n) is 2.34. The van der Waals surface area contributed by atoms with Gasteiger partial charge in [-0.15, -0.1) is 11.3 Å². The Hall–Kier alpha value is -2.59. The van der Waals surface area contributed by atoms with Crippen molar-refractivity contribution in [3.63, 3.8) is 0 Å². The van der Waals surface area contributed by atoms with Crippen molar-refractivity contribution < 1.29 is 22.8 Å². The van der Waals surface area contributed by atoms with Crippen molar-refractivity contribution in [1.29, 1.82) is 0 Å². The van der Waals surface area contributed by atoms with Gasteiger partial charge in [0.1, 0.15) is 0 Å². The van der Waals surface area contributed by atoms with Gasteiger partial charge in [-0.1, -0.05) is 17.8 Å². The summed E-state index contributed by atoms with van der Waals surface area (Å²) < 4.78 is 39.7. The van der Waals surface area contributed by atoms with Gasteiger partial charge in [-0.2, -0.15) is 13.2 Å². The standard InChI is InChI=1S/C18H14F3N3O2S2/c1-10(25)22-13-5-6-14-15(8-13)28-17(24-14)27-9-16(26)23-12-4-2-3-11(7-12)18(19,20)21/h2-8H,9H2,1H3,(H,22,25)(H,23,26). The number of alkyl halides is 3. The van der Waals surface area contributed by atoms with E-state index in [4.69, 9.17) is 0 Å². The molecule has 0 unspecified atom stereocenters. The van der Waals surface area contributed by atoms with Crippen LogP contribution in [0.25, 0.3) is 10.2 Å². The summed E-state index contributed by atoms with van der Waals surface area (Å²) in [5.74, 6) is -0.596. The maximum atomic E-state index is 12.7. The molecule has 146 valence electrons. The molecule has 3 rings (SSSR count). The van der Waals surface area contributed by atoms with Gasteiger partial charge in [0, 0.05) is 18.3 Å². The molecule has 1 heterocycles. The van der Waals surface area contributed by atoms with Crippen LogP contribution in [0.4, 0.5) is 24.5 Å². The molecule has 2 aromatic carbocycles. The summed E-state index contributed by atoms with van der Waals surface area (Å²) in [6, 6.07) is 9.78. The van der Waals surface area contributed by atoms with Crippen LogP contribution in [0.1, 0.15) is 12.5 Å². The lowest BCUT2D eigenvalue weighted by molar-refractivity contribution is -0.137. The van der Waals surface area contributed by atoms with Crippen LogP contribution in [-0.4, -0.2) is 22.6 Å². The van der Waals surface area contributed by atoms with Gasteiger partial charge in [-0.25, -0.2) is 4.98 Å². The molecular weight excluding hydrogens is 411 g/mol. The van der Waals surface area contributed by atoms with Gasteiger partial charge in [-0.3, -0.25) is 9.59 Å². The lowest BCUT2D eigenvalue weighted by atomic mass is 10.2. The van der Waals surface area contributed by atoms with E-state index in [1.807, 2.05) is 0 Å². The van der Waals surface area contributed by atoms with Crippen molar-refractivity contribution >= 4 is 56.5 Å². The summed E-state index contributed by atoms with van der Waals surface area (Å²) in [6.07, 6.45) is -4.47. The molecule has 28 heavy (non-hydrogen) atoms. The first-order valence-corrected chi connectivity index (χ1v) is 9.79. The lowest BCUT2D eigenvalue weighted by Gasteiger charge is -2.09. The van der Waals surface area contributed by atoms with Gasteiger partial charge in [-0.05, 0) is 36.4 Å². The number of benzene rings is 2. The predicted octanol–water partition coefficient (Wildman–Crippen LogP) is 5.00. The molecule has 0 aliphatic heterocycles. The van der Waals surface area contributed by atoms with Gasteiger partial charge in [0.2, 0.25) is 11.8 Å². The third kappa shape index (κ3) is 5.23. The lowest BCUT2D eigenvalue weighted by Crippen LogP contribution is -2.14. The zero-order chi connectivity index (χ0) is 20.3. The number of hydrogen-bond acceptors (Lipinski definition) is 5. The Morgan fingerprint density at radius 2 is 1.86 bits per heavy atom. The second kappa shape index (κ2) is 8.19. The zero-order valence-corrected chi connectivity index (χ0v) is 16.1. The summed E-state index contributed by atoms with van der Waals surface area (Å²) in [5.41, 5.74) is 0.658. The van der Waals surface area contributed by atoms with Crippen molar-refractivity contribution in [2.45, 2.75) is 17.4 Å². The highest BCUT2D eigenvalue weighted by Gasteiger charge is 2.30. The minimum atomic E-state index is -4.47. The molecule has 5 nitrogen and oxygen atoms in total. The first-order valence-electron chi connectivity index (χ1n) is 7.99. The second-order valence-corrected chi connectivity index (χ2v) is 8.01. The Labute approximate surface area is 166 Å². The molecule has 0 fully saturated rings. The van der Waals surface area contributed by atoms with Crippen molar-refractivity contribution in [2.75, 3.05) is 16.4 Å². The zero-order valence-electron chi connectivity index (χ0n) is 14.5. The molecule has 0 aliphatic carbocycles. The van der Waals surface area contributed by atoms with Gasteiger partial charge in [0.15, 0.2) is 4.34 Å². The van der Waals surface area contributed by atoms with E-state index in [0.29, 0.717) is 10.0 Å². The molecule has 2 N–H and O–H groups in total. The number of amides is 2. The van der Waals surface area contributed by atoms with E-state index in [1.54, 1.807) is 18.2 Å². The summed E-state index contributed by atoms with van der Waals surface area (Å²) in [5, 5.41) is 5.15. The number of nitrogens with zero attached hydrogens (tertiary/aromatic N) is 1. The van der Waals surface area contributed by atoms with Crippen LogP contribution in [0.5, 0.6) is 0 Å². The minimum absolute atomic E-state index is 0.00855. The Morgan fingerprint density at radius 3 is 2.57 bits per heavy atom. The normalized spacial score (nSPS) is 11.4. The number of hydrogen-bond donors (Lipinski definition) is 2. The molecule has 0 saturated heterocycles. The predicted molar refractivity (Wildman–Crippen MR) is 105 cm³/mol. The van der Waals surface area contributed by atoms with E-state index in [1.165, 1.54) is 42.2 Å². The van der Waals surface area contributed by atoms with Crippen LogP contribution in [-0.2, 0) is 15.8 Å². The number of rotatable bonds is 5. The van der Waals surface area contributed by atoms with Gasteiger partial charge in [0.05, 0.1) is 21.5 Å².